The Labute approximate surface area is 164 Å². The minimum atomic E-state index is -4.72. The van der Waals surface area contributed by atoms with Crippen LogP contribution in [0.1, 0.15) is 31.7 Å². The lowest BCUT2D eigenvalue weighted by molar-refractivity contribution is -0.145. The number of hydrogen-bond acceptors (Lipinski definition) is 4. The number of alkyl halides is 3. The van der Waals surface area contributed by atoms with Gasteiger partial charge in [-0.25, -0.2) is 9.59 Å². The van der Waals surface area contributed by atoms with Crippen molar-refractivity contribution in [3.05, 3.63) is 28.8 Å². The van der Waals surface area contributed by atoms with E-state index in [0.29, 0.717) is 18.9 Å². The zero-order chi connectivity index (χ0) is 21.3. The lowest BCUT2D eigenvalue weighted by Gasteiger charge is -2.17. The molecule has 3 N–H and O–H groups in total. The van der Waals surface area contributed by atoms with Crippen LogP contribution in [0, 0.1) is 0 Å². The topological polar surface area (TPSA) is 96.5 Å². The number of esters is 1. The molecule has 0 aliphatic carbocycles. The van der Waals surface area contributed by atoms with E-state index in [1.165, 1.54) is 13.2 Å². The highest BCUT2D eigenvalue weighted by atomic mass is 35.5. The quantitative estimate of drug-likeness (QED) is 0.559. The summed E-state index contributed by atoms with van der Waals surface area (Å²) in [6.07, 6.45) is -2.89. The van der Waals surface area contributed by atoms with Crippen molar-refractivity contribution in [1.82, 2.24) is 10.6 Å². The van der Waals surface area contributed by atoms with Crippen LogP contribution in [0.2, 0.25) is 5.02 Å². The van der Waals surface area contributed by atoms with Crippen LogP contribution >= 0.6 is 11.6 Å². The number of anilines is 1. The summed E-state index contributed by atoms with van der Waals surface area (Å²) in [6, 6.07) is 0.983. The van der Waals surface area contributed by atoms with E-state index in [2.05, 4.69) is 15.4 Å². The summed E-state index contributed by atoms with van der Waals surface area (Å²) >= 11 is 5.57. The normalized spacial score (nSPS) is 12.1. The van der Waals surface area contributed by atoms with Gasteiger partial charge in [0, 0.05) is 5.02 Å². The maximum absolute atomic E-state index is 13.0. The molecule has 7 nitrogen and oxygen atoms in total. The average molecular weight is 424 g/mol. The van der Waals surface area contributed by atoms with E-state index in [1.54, 1.807) is 0 Å². The Morgan fingerprint density at radius 3 is 2.50 bits per heavy atom. The Morgan fingerprint density at radius 1 is 1.25 bits per heavy atom. The van der Waals surface area contributed by atoms with Gasteiger partial charge in [-0.2, -0.15) is 13.2 Å². The fourth-order valence-corrected chi connectivity index (χ4v) is 2.40. The smallest absolute Gasteiger partial charge is 0.418 e. The van der Waals surface area contributed by atoms with E-state index in [-0.39, 0.29) is 5.02 Å². The molecular weight excluding hydrogens is 403 g/mol. The predicted octanol–water partition coefficient (Wildman–Crippen LogP) is 3.33. The molecule has 156 valence electrons. The van der Waals surface area contributed by atoms with Gasteiger partial charge in [-0.3, -0.25) is 4.79 Å². The first-order valence-electron chi connectivity index (χ1n) is 8.37. The lowest BCUT2D eigenvalue weighted by Crippen LogP contribution is -2.46. The first-order valence-corrected chi connectivity index (χ1v) is 8.75. The minimum absolute atomic E-state index is 0.140. The highest BCUT2D eigenvalue weighted by Gasteiger charge is 2.34. The summed E-state index contributed by atoms with van der Waals surface area (Å²) in [4.78, 5) is 35.4. The van der Waals surface area contributed by atoms with Crippen molar-refractivity contribution >= 4 is 35.2 Å². The molecule has 0 saturated carbocycles. The monoisotopic (exact) mass is 423 g/mol. The SMILES string of the molecule is CCCCC(NC(=O)CNC(=O)Nc1ccc(Cl)cc1C(F)(F)F)C(=O)OC. The van der Waals surface area contributed by atoms with Crippen molar-refractivity contribution in [2.75, 3.05) is 19.0 Å². The molecule has 1 aromatic carbocycles. The molecule has 0 aliphatic rings. The summed E-state index contributed by atoms with van der Waals surface area (Å²) in [6.45, 7) is 1.37. The third-order valence-electron chi connectivity index (χ3n) is 3.61. The van der Waals surface area contributed by atoms with Crippen molar-refractivity contribution in [3.8, 4) is 0 Å². The number of urea groups is 1. The van der Waals surface area contributed by atoms with Gasteiger partial charge in [0.15, 0.2) is 0 Å². The highest BCUT2D eigenvalue weighted by molar-refractivity contribution is 6.30. The number of rotatable bonds is 8. The summed E-state index contributed by atoms with van der Waals surface area (Å²) in [5.41, 5.74) is -1.63. The third-order valence-corrected chi connectivity index (χ3v) is 3.85. The van der Waals surface area contributed by atoms with E-state index < -0.39 is 47.9 Å². The van der Waals surface area contributed by atoms with Crippen LogP contribution < -0.4 is 16.0 Å². The van der Waals surface area contributed by atoms with Gasteiger partial charge >= 0.3 is 18.2 Å². The van der Waals surface area contributed by atoms with Crippen LogP contribution in [0.5, 0.6) is 0 Å². The molecule has 0 fully saturated rings. The molecule has 1 rings (SSSR count). The number of unbranched alkanes of at least 4 members (excludes halogenated alkanes) is 1. The number of carbonyl (C=O) groups excluding carboxylic acids is 3. The highest BCUT2D eigenvalue weighted by Crippen LogP contribution is 2.36. The van der Waals surface area contributed by atoms with Gasteiger partial charge in [-0.15, -0.1) is 0 Å². The van der Waals surface area contributed by atoms with Crippen LogP contribution in [0.15, 0.2) is 18.2 Å². The zero-order valence-electron chi connectivity index (χ0n) is 15.3. The van der Waals surface area contributed by atoms with E-state index in [0.717, 1.165) is 12.5 Å². The van der Waals surface area contributed by atoms with E-state index in [4.69, 9.17) is 11.6 Å². The van der Waals surface area contributed by atoms with Crippen LogP contribution in [-0.4, -0.2) is 37.6 Å². The van der Waals surface area contributed by atoms with E-state index in [9.17, 15) is 27.6 Å². The molecule has 3 amide bonds. The van der Waals surface area contributed by atoms with Gasteiger partial charge < -0.3 is 20.7 Å². The van der Waals surface area contributed by atoms with Crippen molar-refractivity contribution in [3.63, 3.8) is 0 Å². The molecule has 0 aromatic heterocycles. The number of benzene rings is 1. The maximum atomic E-state index is 13.0. The number of methoxy groups -OCH3 is 1. The van der Waals surface area contributed by atoms with Gasteiger partial charge in [0.2, 0.25) is 5.91 Å². The first kappa shape index (κ1) is 23.5. The molecule has 28 heavy (non-hydrogen) atoms. The van der Waals surface area contributed by atoms with Crippen LogP contribution in [0.3, 0.4) is 0 Å². The predicted molar refractivity (Wildman–Crippen MR) is 96.9 cm³/mol. The standard InChI is InChI=1S/C17H21ClF3N3O4/c1-3-4-5-13(15(26)28-2)23-14(25)9-22-16(27)24-12-7-6-10(18)8-11(12)17(19,20)21/h6-8,13H,3-5,9H2,1-2H3,(H,23,25)(H2,22,24,27). The molecule has 1 aromatic rings. The maximum Gasteiger partial charge on any atom is 0.418 e. The largest absolute Gasteiger partial charge is 0.467 e. The molecule has 11 heteroatoms. The molecule has 1 atom stereocenters. The van der Waals surface area contributed by atoms with Crippen molar-refractivity contribution in [1.29, 1.82) is 0 Å². The first-order chi connectivity index (χ1) is 13.1. The molecule has 0 bridgehead atoms. The van der Waals surface area contributed by atoms with Gasteiger partial charge in [0.05, 0.1) is 24.9 Å². The fraction of sp³-hybridized carbons (Fsp3) is 0.471. The van der Waals surface area contributed by atoms with Crippen LogP contribution in [0.4, 0.5) is 23.7 Å². The van der Waals surface area contributed by atoms with E-state index >= 15 is 0 Å². The molecule has 1 unspecified atom stereocenters. The van der Waals surface area contributed by atoms with Crippen molar-refractivity contribution in [2.24, 2.45) is 0 Å². The molecule has 0 saturated heterocycles. The third kappa shape index (κ3) is 7.63. The second-order valence-electron chi connectivity index (χ2n) is 5.78. The van der Waals surface area contributed by atoms with Gasteiger partial charge in [0.1, 0.15) is 6.04 Å². The number of nitrogens with one attached hydrogen (secondary N) is 3. The summed E-state index contributed by atoms with van der Waals surface area (Å²) in [5.74, 6) is -1.31. The van der Waals surface area contributed by atoms with Gasteiger partial charge in [-0.05, 0) is 24.6 Å². The Balaban J connectivity index is 2.65. The van der Waals surface area contributed by atoms with Crippen molar-refractivity contribution < 1.29 is 32.3 Å². The number of amides is 3. The Morgan fingerprint density at radius 2 is 1.93 bits per heavy atom. The van der Waals surface area contributed by atoms with Crippen LogP contribution in [-0.2, 0) is 20.5 Å². The number of carbonyl (C=O) groups is 3. The van der Waals surface area contributed by atoms with Gasteiger partial charge in [-0.1, -0.05) is 31.4 Å². The molecule has 0 radical (unpaired) electrons. The zero-order valence-corrected chi connectivity index (χ0v) is 16.0. The van der Waals surface area contributed by atoms with Gasteiger partial charge in [0.25, 0.3) is 0 Å². The Kier molecular flexibility index (Phi) is 9.04. The Bertz CT molecular complexity index is 713. The average Bonchev–Trinajstić information content (AvgIpc) is 2.63. The van der Waals surface area contributed by atoms with E-state index in [1.807, 2.05) is 12.2 Å². The summed E-state index contributed by atoms with van der Waals surface area (Å²) in [7, 11) is 1.18. The number of ether oxygens (including phenoxy) is 1. The fourth-order valence-electron chi connectivity index (χ4n) is 2.23. The second kappa shape index (κ2) is 10.7. The number of hydrogen-bond donors (Lipinski definition) is 3. The Hall–Kier alpha value is -2.49. The molecule has 0 spiro atoms. The second-order valence-corrected chi connectivity index (χ2v) is 6.22. The lowest BCUT2D eigenvalue weighted by atomic mass is 10.1. The summed E-state index contributed by atoms with van der Waals surface area (Å²) < 4.78 is 43.6. The van der Waals surface area contributed by atoms with Crippen molar-refractivity contribution in [2.45, 2.75) is 38.4 Å². The van der Waals surface area contributed by atoms with Crippen LogP contribution in [0.25, 0.3) is 0 Å². The minimum Gasteiger partial charge on any atom is -0.467 e. The molecule has 0 heterocycles. The summed E-state index contributed by atoms with van der Waals surface area (Å²) in [5, 5.41) is 6.42. The molecular formula is C17H21ClF3N3O4. The number of halogens is 4. The molecule has 0 aliphatic heterocycles.